The summed E-state index contributed by atoms with van der Waals surface area (Å²) in [7, 11) is 1.54. The molecule has 0 aliphatic carbocycles. The second-order valence-corrected chi connectivity index (χ2v) is 4.74. The first-order chi connectivity index (χ1) is 9.86. The van der Waals surface area contributed by atoms with E-state index in [1.807, 2.05) is 6.07 Å². The van der Waals surface area contributed by atoms with Gasteiger partial charge in [-0.05, 0) is 31.5 Å². The van der Waals surface area contributed by atoms with Crippen molar-refractivity contribution < 1.29 is 19.4 Å². The van der Waals surface area contributed by atoms with Crippen molar-refractivity contribution >= 4 is 11.9 Å². The Morgan fingerprint density at radius 3 is 2.71 bits per heavy atom. The number of hydrogen-bond donors (Lipinski definition) is 1. The van der Waals surface area contributed by atoms with Crippen molar-refractivity contribution in [2.24, 2.45) is 0 Å². The van der Waals surface area contributed by atoms with Gasteiger partial charge in [-0.15, -0.1) is 0 Å². The Labute approximate surface area is 123 Å². The van der Waals surface area contributed by atoms with E-state index >= 15 is 0 Å². The first-order valence-corrected chi connectivity index (χ1v) is 6.49. The number of carbonyl (C=O) groups is 2. The average Bonchev–Trinajstić information content (AvgIpc) is 2.43. The molecule has 0 heterocycles. The molecular weight excluding hydrogens is 272 g/mol. The molecule has 0 aliphatic rings. The predicted octanol–water partition coefficient (Wildman–Crippen LogP) is 1.62. The number of nitriles is 1. The van der Waals surface area contributed by atoms with Crippen molar-refractivity contribution in [3.8, 4) is 11.8 Å². The average molecular weight is 290 g/mol. The SMILES string of the molecule is Cc1ccc(C(=O)O[C@@H](C)C(=O)N(C)CCC#N)c(O)c1. The number of phenolic OH excluding ortho intramolecular Hbond substituents is 1. The van der Waals surface area contributed by atoms with Crippen LogP contribution in [0.25, 0.3) is 0 Å². The van der Waals surface area contributed by atoms with E-state index in [4.69, 9.17) is 10.00 Å². The minimum atomic E-state index is -0.984. The molecule has 0 unspecified atom stereocenters. The number of carbonyl (C=O) groups excluding carboxylic acids is 2. The third-order valence-corrected chi connectivity index (χ3v) is 2.94. The molecule has 1 aromatic carbocycles. The number of aryl methyl sites for hydroxylation is 1. The molecule has 1 N–H and O–H groups in total. The van der Waals surface area contributed by atoms with Crippen LogP contribution in [0.2, 0.25) is 0 Å². The van der Waals surface area contributed by atoms with Crippen LogP contribution in [0.4, 0.5) is 0 Å². The molecule has 21 heavy (non-hydrogen) atoms. The lowest BCUT2D eigenvalue weighted by Gasteiger charge is -2.20. The first kappa shape index (κ1) is 16.5. The number of hydrogen-bond acceptors (Lipinski definition) is 5. The van der Waals surface area contributed by atoms with E-state index in [0.29, 0.717) is 0 Å². The van der Waals surface area contributed by atoms with Gasteiger partial charge < -0.3 is 14.7 Å². The maximum atomic E-state index is 11.9. The zero-order chi connectivity index (χ0) is 16.0. The van der Waals surface area contributed by atoms with Gasteiger partial charge in [-0.3, -0.25) is 4.79 Å². The van der Waals surface area contributed by atoms with E-state index in [0.717, 1.165) is 5.56 Å². The van der Waals surface area contributed by atoms with Crippen molar-refractivity contribution in [3.63, 3.8) is 0 Å². The summed E-state index contributed by atoms with van der Waals surface area (Å²) in [5, 5.41) is 18.2. The monoisotopic (exact) mass is 290 g/mol. The second-order valence-electron chi connectivity index (χ2n) is 4.74. The van der Waals surface area contributed by atoms with Gasteiger partial charge in [-0.25, -0.2) is 4.79 Å². The Morgan fingerprint density at radius 1 is 1.48 bits per heavy atom. The molecule has 0 aliphatic heterocycles. The highest BCUT2D eigenvalue weighted by atomic mass is 16.5. The number of esters is 1. The Bertz CT molecular complexity index is 578. The Morgan fingerprint density at radius 2 is 2.14 bits per heavy atom. The third kappa shape index (κ3) is 4.49. The van der Waals surface area contributed by atoms with E-state index in [1.54, 1.807) is 13.0 Å². The van der Waals surface area contributed by atoms with Gasteiger partial charge in [0.25, 0.3) is 5.91 Å². The van der Waals surface area contributed by atoms with Crippen molar-refractivity contribution in [2.45, 2.75) is 26.4 Å². The molecule has 1 amide bonds. The number of aromatic hydroxyl groups is 1. The van der Waals surface area contributed by atoms with Crippen LogP contribution in [0.3, 0.4) is 0 Å². The van der Waals surface area contributed by atoms with E-state index in [-0.39, 0.29) is 24.3 Å². The molecule has 1 atom stereocenters. The van der Waals surface area contributed by atoms with Crippen LogP contribution in [0, 0.1) is 18.3 Å². The van der Waals surface area contributed by atoms with Crippen LogP contribution < -0.4 is 0 Å². The summed E-state index contributed by atoms with van der Waals surface area (Å²) >= 11 is 0. The lowest BCUT2D eigenvalue weighted by Crippen LogP contribution is -2.37. The Balaban J connectivity index is 2.69. The molecule has 112 valence electrons. The number of nitrogens with zero attached hydrogens (tertiary/aromatic N) is 2. The molecule has 0 radical (unpaired) electrons. The van der Waals surface area contributed by atoms with Crippen LogP contribution in [0.5, 0.6) is 5.75 Å². The van der Waals surface area contributed by atoms with Crippen molar-refractivity contribution in [1.82, 2.24) is 4.90 Å². The summed E-state index contributed by atoms with van der Waals surface area (Å²) < 4.78 is 5.05. The number of phenols is 1. The van der Waals surface area contributed by atoms with Crippen LogP contribution in [-0.2, 0) is 9.53 Å². The van der Waals surface area contributed by atoms with Crippen molar-refractivity contribution in [2.75, 3.05) is 13.6 Å². The highest BCUT2D eigenvalue weighted by Crippen LogP contribution is 2.20. The summed E-state index contributed by atoms with van der Waals surface area (Å²) in [5.41, 5.74) is 0.823. The fraction of sp³-hybridized carbons (Fsp3) is 0.400. The molecule has 1 rings (SSSR count). The maximum Gasteiger partial charge on any atom is 0.342 e. The fourth-order valence-corrected chi connectivity index (χ4v) is 1.73. The molecule has 0 saturated heterocycles. The van der Waals surface area contributed by atoms with E-state index in [1.165, 1.54) is 31.0 Å². The normalized spacial score (nSPS) is 11.3. The number of likely N-dealkylation sites (N-methyl/N-ethyl adjacent to an activating group) is 1. The fourth-order valence-electron chi connectivity index (χ4n) is 1.73. The minimum Gasteiger partial charge on any atom is -0.507 e. The molecule has 0 fully saturated rings. The maximum absolute atomic E-state index is 11.9. The van der Waals surface area contributed by atoms with Gasteiger partial charge in [0.05, 0.1) is 12.5 Å². The molecule has 1 aromatic rings. The van der Waals surface area contributed by atoms with E-state index in [9.17, 15) is 14.7 Å². The Kier molecular flexibility index (Phi) is 5.73. The summed E-state index contributed by atoms with van der Waals surface area (Å²) in [4.78, 5) is 25.2. The van der Waals surface area contributed by atoms with Crippen LogP contribution >= 0.6 is 0 Å². The third-order valence-electron chi connectivity index (χ3n) is 2.94. The number of amides is 1. The highest BCUT2D eigenvalue weighted by Gasteiger charge is 2.23. The van der Waals surface area contributed by atoms with Crippen molar-refractivity contribution in [3.05, 3.63) is 29.3 Å². The quantitative estimate of drug-likeness (QED) is 0.832. The number of benzene rings is 1. The summed E-state index contributed by atoms with van der Waals surface area (Å²) in [5.74, 6) is -1.34. The smallest absolute Gasteiger partial charge is 0.342 e. The molecule has 6 heteroatoms. The number of ether oxygens (including phenoxy) is 1. The van der Waals surface area contributed by atoms with Crippen LogP contribution in [-0.4, -0.2) is 41.6 Å². The van der Waals surface area contributed by atoms with Gasteiger partial charge in [0, 0.05) is 13.6 Å². The van der Waals surface area contributed by atoms with Gasteiger partial charge in [0.1, 0.15) is 11.3 Å². The molecular formula is C15H18N2O4. The van der Waals surface area contributed by atoms with Crippen LogP contribution in [0.15, 0.2) is 18.2 Å². The first-order valence-electron chi connectivity index (χ1n) is 6.49. The molecule has 0 saturated carbocycles. The lowest BCUT2D eigenvalue weighted by molar-refractivity contribution is -0.138. The van der Waals surface area contributed by atoms with Crippen LogP contribution in [0.1, 0.15) is 29.3 Å². The van der Waals surface area contributed by atoms with E-state index < -0.39 is 18.0 Å². The highest BCUT2D eigenvalue weighted by molar-refractivity contribution is 5.94. The standard InChI is InChI=1S/C15H18N2O4/c1-10-5-6-12(13(18)9-10)15(20)21-11(2)14(19)17(3)8-4-7-16/h5-6,9,11,18H,4,8H2,1-3H3/t11-/m0/s1. The van der Waals surface area contributed by atoms with Crippen molar-refractivity contribution in [1.29, 1.82) is 5.26 Å². The zero-order valence-electron chi connectivity index (χ0n) is 12.3. The van der Waals surface area contributed by atoms with E-state index in [2.05, 4.69) is 0 Å². The molecule has 0 spiro atoms. The molecule has 6 nitrogen and oxygen atoms in total. The van der Waals surface area contributed by atoms with Gasteiger partial charge >= 0.3 is 5.97 Å². The summed E-state index contributed by atoms with van der Waals surface area (Å²) in [6, 6.07) is 6.50. The van der Waals surface area contributed by atoms with Gasteiger partial charge in [-0.1, -0.05) is 6.07 Å². The lowest BCUT2D eigenvalue weighted by atomic mass is 10.1. The predicted molar refractivity (Wildman–Crippen MR) is 75.6 cm³/mol. The summed E-state index contributed by atoms with van der Waals surface area (Å²) in [6.45, 7) is 3.51. The zero-order valence-corrected chi connectivity index (χ0v) is 12.3. The second kappa shape index (κ2) is 7.29. The minimum absolute atomic E-state index is 0.0138. The Hall–Kier alpha value is -2.55. The van der Waals surface area contributed by atoms with Gasteiger partial charge in [-0.2, -0.15) is 5.26 Å². The summed E-state index contributed by atoms with van der Waals surface area (Å²) in [6.07, 6.45) is -0.774. The van der Waals surface area contributed by atoms with Gasteiger partial charge in [0.15, 0.2) is 6.10 Å². The largest absolute Gasteiger partial charge is 0.507 e. The molecule has 0 bridgehead atoms. The topological polar surface area (TPSA) is 90.6 Å². The number of rotatable bonds is 5. The van der Waals surface area contributed by atoms with Gasteiger partial charge in [0.2, 0.25) is 0 Å². The molecule has 0 aromatic heterocycles.